The van der Waals surface area contributed by atoms with Crippen molar-refractivity contribution >= 4 is 40.5 Å². The minimum absolute atomic E-state index is 0.0744. The second-order valence-corrected chi connectivity index (χ2v) is 8.27. The number of nitroso groups, excluding NO2 is 1. The lowest BCUT2D eigenvalue weighted by molar-refractivity contribution is -0.444. The first-order chi connectivity index (χ1) is 17.6. The fourth-order valence-electron chi connectivity index (χ4n) is 4.01. The van der Waals surface area contributed by atoms with E-state index in [2.05, 4.69) is 36.4 Å². The molecule has 0 saturated heterocycles. The molecule has 0 aromatic heterocycles. The van der Waals surface area contributed by atoms with Gasteiger partial charge in [0, 0.05) is 29.0 Å². The molecule has 10 nitrogen and oxygen atoms in total. The Labute approximate surface area is 206 Å². The number of anilines is 2. The van der Waals surface area contributed by atoms with Crippen LogP contribution in [0.15, 0.2) is 76.9 Å². The number of rotatable bonds is 7. The number of nitrogens with zero attached hydrogens (tertiary/aromatic N) is 2. The lowest BCUT2D eigenvalue weighted by Gasteiger charge is -2.10. The first-order valence-corrected chi connectivity index (χ1v) is 11.5. The van der Waals surface area contributed by atoms with Crippen molar-refractivity contribution in [2.24, 2.45) is 10.2 Å². The van der Waals surface area contributed by atoms with Crippen LogP contribution in [0.2, 0.25) is 0 Å². The highest BCUT2D eigenvalue weighted by Gasteiger charge is 2.18. The van der Waals surface area contributed by atoms with Crippen LogP contribution in [0.5, 0.6) is 0 Å². The van der Waals surface area contributed by atoms with E-state index in [1.54, 1.807) is 24.3 Å². The normalized spacial score (nSPS) is 14.2. The maximum absolute atomic E-state index is 12.8. The summed E-state index contributed by atoms with van der Waals surface area (Å²) in [6, 6.07) is 18.8. The number of benzene rings is 3. The fourth-order valence-corrected chi connectivity index (χ4v) is 4.01. The zero-order valence-corrected chi connectivity index (χ0v) is 19.3. The minimum Gasteiger partial charge on any atom is -0.368 e. The largest absolute Gasteiger partial charge is 0.368 e. The number of carbonyl (C=O) groups excluding carboxylic acids is 2. The number of carbonyl (C=O) groups is 2. The van der Waals surface area contributed by atoms with Gasteiger partial charge in [-0.3, -0.25) is 24.9 Å². The molecule has 0 unspecified atom stereocenters. The first-order valence-electron chi connectivity index (χ1n) is 11.5. The Kier molecular flexibility index (Phi) is 6.48. The van der Waals surface area contributed by atoms with Crippen LogP contribution in [0.25, 0.3) is 0 Å². The monoisotopic (exact) mass is 482 g/mol. The molecular weight excluding hydrogens is 458 g/mol. The molecule has 5 N–H and O–H groups in total. The average molecular weight is 483 g/mol. The van der Waals surface area contributed by atoms with Gasteiger partial charge in [-0.2, -0.15) is 0 Å². The molecule has 2 heterocycles. The molecule has 2 aliphatic heterocycles. The van der Waals surface area contributed by atoms with Gasteiger partial charge in [-0.05, 0) is 71.9 Å². The van der Waals surface area contributed by atoms with Gasteiger partial charge in [0.1, 0.15) is 24.6 Å². The third kappa shape index (κ3) is 4.97. The number of aliphatic imine (C=N–C) groups is 1. The summed E-state index contributed by atoms with van der Waals surface area (Å²) >= 11 is 0. The van der Waals surface area contributed by atoms with Crippen molar-refractivity contribution in [1.29, 1.82) is 0 Å². The molecule has 0 radical (unpaired) electrons. The molecule has 0 aliphatic carbocycles. The van der Waals surface area contributed by atoms with Gasteiger partial charge in [0.25, 0.3) is 17.6 Å². The zero-order chi connectivity index (χ0) is 24.9. The van der Waals surface area contributed by atoms with Gasteiger partial charge in [0.2, 0.25) is 0 Å². The Bertz CT molecular complexity index is 1380. The van der Waals surface area contributed by atoms with E-state index < -0.39 is 11.8 Å². The third-order valence-corrected chi connectivity index (χ3v) is 5.85. The van der Waals surface area contributed by atoms with Crippen molar-refractivity contribution in [3.8, 4) is 0 Å². The van der Waals surface area contributed by atoms with Crippen molar-refractivity contribution in [1.82, 2.24) is 10.6 Å². The van der Waals surface area contributed by atoms with Crippen LogP contribution >= 0.6 is 0 Å². The van der Waals surface area contributed by atoms with Gasteiger partial charge >= 0.3 is 0 Å². The van der Waals surface area contributed by atoms with Crippen LogP contribution in [-0.2, 0) is 0 Å². The van der Waals surface area contributed by atoms with Gasteiger partial charge in [0.05, 0.1) is 17.7 Å². The predicted octanol–water partition coefficient (Wildman–Crippen LogP) is 1.37. The summed E-state index contributed by atoms with van der Waals surface area (Å²) < 4.78 is 0. The van der Waals surface area contributed by atoms with Gasteiger partial charge < -0.3 is 16.0 Å². The summed E-state index contributed by atoms with van der Waals surface area (Å²) in [5.74, 6) is 0.873. The van der Waals surface area contributed by atoms with E-state index in [1.165, 1.54) is 18.2 Å². The lowest BCUT2D eigenvalue weighted by atomic mass is 10.1. The summed E-state index contributed by atoms with van der Waals surface area (Å²) in [6.07, 6.45) is 0. The Morgan fingerprint density at radius 2 is 1.53 bits per heavy atom. The Morgan fingerprint density at radius 3 is 2.14 bits per heavy atom. The van der Waals surface area contributed by atoms with Crippen LogP contribution < -0.4 is 26.3 Å². The summed E-state index contributed by atoms with van der Waals surface area (Å²) in [5.41, 5.74) is 3.26. The van der Waals surface area contributed by atoms with Crippen molar-refractivity contribution in [2.45, 2.75) is 0 Å². The van der Waals surface area contributed by atoms with E-state index in [-0.39, 0.29) is 16.8 Å². The molecule has 0 fully saturated rings. The van der Waals surface area contributed by atoms with E-state index in [0.717, 1.165) is 49.0 Å². The van der Waals surface area contributed by atoms with Crippen LogP contribution in [0.1, 0.15) is 31.8 Å². The smallest absolute Gasteiger partial charge is 0.275 e. The van der Waals surface area contributed by atoms with Gasteiger partial charge in [-0.15, -0.1) is 4.91 Å². The second-order valence-electron chi connectivity index (χ2n) is 8.27. The summed E-state index contributed by atoms with van der Waals surface area (Å²) in [6.45, 7) is 3.29. The van der Waals surface area contributed by atoms with Crippen molar-refractivity contribution in [3.63, 3.8) is 0 Å². The molecule has 2 aliphatic rings. The van der Waals surface area contributed by atoms with Crippen LogP contribution in [0.3, 0.4) is 0 Å². The quantitative estimate of drug-likeness (QED) is 0.324. The van der Waals surface area contributed by atoms with E-state index in [4.69, 9.17) is 0 Å². The molecule has 0 bridgehead atoms. The molecule has 36 heavy (non-hydrogen) atoms. The Morgan fingerprint density at radius 1 is 0.833 bits per heavy atom. The highest BCUT2D eigenvalue weighted by atomic mass is 16.3. The number of hydrogen-bond donors (Lipinski definition) is 5. The second kappa shape index (κ2) is 10.2. The summed E-state index contributed by atoms with van der Waals surface area (Å²) in [7, 11) is 0. The van der Waals surface area contributed by atoms with Crippen LogP contribution in [0, 0.1) is 4.91 Å². The maximum atomic E-state index is 12.8. The molecule has 0 saturated carbocycles. The summed E-state index contributed by atoms with van der Waals surface area (Å²) in [4.78, 5) is 44.6. The molecule has 180 valence electrons. The lowest BCUT2D eigenvalue weighted by Crippen LogP contribution is -2.70. The Balaban J connectivity index is 1.25. The molecule has 5 rings (SSSR count). The molecule has 3 aromatic rings. The van der Waals surface area contributed by atoms with Crippen molar-refractivity contribution < 1.29 is 14.6 Å². The maximum Gasteiger partial charge on any atom is 0.275 e. The zero-order valence-electron chi connectivity index (χ0n) is 19.3. The molecule has 10 heteroatoms. The topological polar surface area (TPSA) is 138 Å². The van der Waals surface area contributed by atoms with E-state index in [9.17, 15) is 14.5 Å². The molecule has 3 aromatic carbocycles. The van der Waals surface area contributed by atoms with Gasteiger partial charge in [0.15, 0.2) is 0 Å². The van der Waals surface area contributed by atoms with Crippen molar-refractivity contribution in [3.05, 3.63) is 93.9 Å². The van der Waals surface area contributed by atoms with Crippen LogP contribution in [-0.4, -0.2) is 49.7 Å². The molecule has 0 spiro atoms. The SMILES string of the molecule is O=Nc1cc(C(=O)Nc2ccc(C3=[NH+]CCN3)cc2)ccc1C(=O)Nc1ccc(C2=NCCN2)cc1. The van der Waals surface area contributed by atoms with Gasteiger partial charge in [-0.25, -0.2) is 0 Å². The highest BCUT2D eigenvalue weighted by Crippen LogP contribution is 2.23. The summed E-state index contributed by atoms with van der Waals surface area (Å²) in [5, 5.41) is 15.0. The average Bonchev–Trinajstić information content (AvgIpc) is 3.64. The van der Waals surface area contributed by atoms with Crippen molar-refractivity contribution in [2.75, 3.05) is 36.8 Å². The number of hydrogen-bond acceptors (Lipinski definition) is 7. The standard InChI is InChI=1S/C26H23N7O3/c34-25(31-19-6-1-16(2-7-19)23-27-11-12-28-23)18-5-10-21(22(15-18)33-36)26(35)32-20-8-3-17(4-9-20)24-29-13-14-30-24/h1-10,15H,11-14H2,(H,27,28)(H,29,30)(H,31,34)(H,32,35)/p+1. The minimum atomic E-state index is -0.497. The first kappa shape index (κ1) is 22.9. The molecule has 0 atom stereocenters. The fraction of sp³-hybridized carbons (Fsp3) is 0.154. The Hall–Kier alpha value is -4.86. The van der Waals surface area contributed by atoms with E-state index in [0.29, 0.717) is 11.4 Å². The molecular formula is C26H24N7O3+. The molecule has 2 amide bonds. The van der Waals surface area contributed by atoms with E-state index >= 15 is 0 Å². The number of nitrogens with one attached hydrogen (secondary N) is 5. The number of amidine groups is 2. The third-order valence-electron chi connectivity index (χ3n) is 5.85. The predicted molar refractivity (Wildman–Crippen MR) is 138 cm³/mol. The number of amides is 2. The van der Waals surface area contributed by atoms with Gasteiger partial charge in [-0.1, -0.05) is 0 Å². The van der Waals surface area contributed by atoms with Crippen LogP contribution in [0.4, 0.5) is 17.1 Å². The van der Waals surface area contributed by atoms with E-state index in [1.807, 2.05) is 24.3 Å². The highest BCUT2D eigenvalue weighted by molar-refractivity contribution is 6.10.